The normalized spacial score (nSPS) is 31.8. The molecule has 25 heavy (non-hydrogen) atoms. The van der Waals surface area contributed by atoms with Crippen molar-refractivity contribution in [2.24, 2.45) is 17.8 Å². The van der Waals surface area contributed by atoms with Crippen molar-refractivity contribution in [1.82, 2.24) is 10.2 Å². The van der Waals surface area contributed by atoms with Crippen molar-refractivity contribution in [3.63, 3.8) is 0 Å². The molecule has 2 saturated heterocycles. The van der Waals surface area contributed by atoms with Crippen LogP contribution in [0, 0.1) is 31.6 Å². The van der Waals surface area contributed by atoms with Gasteiger partial charge in [0.15, 0.2) is 0 Å². The SMILES string of the molecule is Cc1ccc([C@H]2[C@@H]3CN(C(=O)[C@@H]4CCCCC(=O)NC4)C[C@@H]32)cc1C. The Morgan fingerprint density at radius 1 is 1.12 bits per heavy atom. The zero-order chi connectivity index (χ0) is 17.6. The van der Waals surface area contributed by atoms with Crippen LogP contribution < -0.4 is 5.32 Å². The Morgan fingerprint density at radius 2 is 1.88 bits per heavy atom. The number of carbonyl (C=O) groups excluding carboxylic acids is 2. The van der Waals surface area contributed by atoms with E-state index in [9.17, 15) is 9.59 Å². The molecule has 0 unspecified atom stereocenters. The topological polar surface area (TPSA) is 49.4 Å². The van der Waals surface area contributed by atoms with E-state index in [0.717, 1.165) is 32.4 Å². The third kappa shape index (κ3) is 3.19. The first kappa shape index (κ1) is 16.6. The molecule has 2 amide bonds. The van der Waals surface area contributed by atoms with Gasteiger partial charge in [-0.3, -0.25) is 9.59 Å². The van der Waals surface area contributed by atoms with Crippen LogP contribution in [0.5, 0.6) is 0 Å². The molecule has 4 nitrogen and oxygen atoms in total. The van der Waals surface area contributed by atoms with Crippen molar-refractivity contribution in [1.29, 1.82) is 0 Å². The predicted octanol–water partition coefficient (Wildman–Crippen LogP) is 2.78. The molecule has 2 heterocycles. The molecule has 1 aliphatic carbocycles. The van der Waals surface area contributed by atoms with Crippen LogP contribution in [0.25, 0.3) is 0 Å². The second kappa shape index (κ2) is 6.47. The van der Waals surface area contributed by atoms with Gasteiger partial charge in [-0.05, 0) is 61.1 Å². The number of rotatable bonds is 2. The molecule has 4 atom stereocenters. The molecule has 4 rings (SSSR count). The minimum Gasteiger partial charge on any atom is -0.355 e. The van der Waals surface area contributed by atoms with Crippen molar-refractivity contribution in [3.05, 3.63) is 34.9 Å². The Hall–Kier alpha value is -1.84. The van der Waals surface area contributed by atoms with Gasteiger partial charge in [-0.25, -0.2) is 0 Å². The number of likely N-dealkylation sites (tertiary alicyclic amines) is 1. The van der Waals surface area contributed by atoms with Crippen LogP contribution in [0.2, 0.25) is 0 Å². The summed E-state index contributed by atoms with van der Waals surface area (Å²) in [5.41, 5.74) is 4.15. The lowest BCUT2D eigenvalue weighted by Gasteiger charge is -2.27. The van der Waals surface area contributed by atoms with Crippen LogP contribution >= 0.6 is 0 Å². The highest BCUT2D eigenvalue weighted by Gasteiger charge is 2.57. The van der Waals surface area contributed by atoms with Gasteiger partial charge in [-0.1, -0.05) is 24.6 Å². The van der Waals surface area contributed by atoms with Gasteiger partial charge in [0.2, 0.25) is 11.8 Å². The number of carbonyl (C=O) groups is 2. The number of hydrogen-bond donors (Lipinski definition) is 1. The molecular formula is C21H28N2O2. The van der Waals surface area contributed by atoms with Crippen molar-refractivity contribution in [2.45, 2.75) is 45.4 Å². The maximum atomic E-state index is 12.9. The van der Waals surface area contributed by atoms with E-state index in [0.29, 0.717) is 30.7 Å². The molecule has 3 fully saturated rings. The summed E-state index contributed by atoms with van der Waals surface area (Å²) in [6.07, 6.45) is 3.39. The van der Waals surface area contributed by atoms with Gasteiger partial charge in [0.25, 0.3) is 0 Å². The lowest BCUT2D eigenvalue weighted by Crippen LogP contribution is -2.42. The van der Waals surface area contributed by atoms with E-state index < -0.39 is 0 Å². The Bertz CT molecular complexity index is 687. The summed E-state index contributed by atoms with van der Waals surface area (Å²) >= 11 is 0. The van der Waals surface area contributed by atoms with E-state index in [4.69, 9.17) is 0 Å². The first-order valence-corrected chi connectivity index (χ1v) is 9.67. The molecular weight excluding hydrogens is 312 g/mol. The predicted molar refractivity (Wildman–Crippen MR) is 97.2 cm³/mol. The molecule has 1 N–H and O–H groups in total. The third-order valence-corrected chi connectivity index (χ3v) is 6.52. The summed E-state index contributed by atoms with van der Waals surface area (Å²) in [6.45, 7) is 6.64. The maximum absolute atomic E-state index is 12.9. The van der Waals surface area contributed by atoms with Crippen molar-refractivity contribution in [2.75, 3.05) is 19.6 Å². The lowest BCUT2D eigenvalue weighted by atomic mass is 9.96. The molecule has 3 aliphatic rings. The van der Waals surface area contributed by atoms with Gasteiger partial charge in [0.1, 0.15) is 0 Å². The quantitative estimate of drug-likeness (QED) is 0.900. The number of piperidine rings is 1. The van der Waals surface area contributed by atoms with Crippen molar-refractivity contribution in [3.8, 4) is 0 Å². The monoisotopic (exact) mass is 340 g/mol. The van der Waals surface area contributed by atoms with E-state index in [1.54, 1.807) is 0 Å². The van der Waals surface area contributed by atoms with Crippen LogP contribution in [-0.2, 0) is 9.59 Å². The Labute approximate surface area is 150 Å². The fourth-order valence-corrected chi connectivity index (χ4v) is 4.75. The first-order valence-electron chi connectivity index (χ1n) is 9.67. The highest BCUT2D eigenvalue weighted by molar-refractivity contribution is 5.81. The first-order chi connectivity index (χ1) is 12.0. The highest BCUT2D eigenvalue weighted by atomic mass is 16.2. The minimum absolute atomic E-state index is 0.0261. The number of amides is 2. The number of fused-ring (bicyclic) bond motifs is 1. The van der Waals surface area contributed by atoms with E-state index in [2.05, 4.69) is 42.3 Å². The summed E-state index contributed by atoms with van der Waals surface area (Å²) in [6, 6.07) is 6.81. The number of aryl methyl sites for hydroxylation is 2. The fourth-order valence-electron chi connectivity index (χ4n) is 4.75. The van der Waals surface area contributed by atoms with Gasteiger partial charge < -0.3 is 10.2 Å². The Kier molecular flexibility index (Phi) is 4.30. The van der Waals surface area contributed by atoms with E-state index in [1.165, 1.54) is 16.7 Å². The summed E-state index contributed by atoms with van der Waals surface area (Å²) in [5, 5.41) is 2.92. The molecule has 1 aromatic carbocycles. The zero-order valence-corrected chi connectivity index (χ0v) is 15.3. The summed E-state index contributed by atoms with van der Waals surface area (Å²) < 4.78 is 0. The summed E-state index contributed by atoms with van der Waals surface area (Å²) in [7, 11) is 0. The molecule has 134 valence electrons. The minimum atomic E-state index is -0.0261. The molecule has 4 heteroatoms. The molecule has 0 spiro atoms. The Morgan fingerprint density at radius 3 is 2.60 bits per heavy atom. The van der Waals surface area contributed by atoms with Crippen molar-refractivity contribution >= 4 is 11.8 Å². The summed E-state index contributed by atoms with van der Waals surface area (Å²) in [4.78, 5) is 26.5. The van der Waals surface area contributed by atoms with Crippen molar-refractivity contribution < 1.29 is 9.59 Å². The second-order valence-electron chi connectivity index (χ2n) is 8.19. The Balaban J connectivity index is 1.36. The second-order valence-corrected chi connectivity index (χ2v) is 8.19. The van der Waals surface area contributed by atoms with Crippen LogP contribution in [0.1, 0.15) is 48.3 Å². The van der Waals surface area contributed by atoms with Crippen LogP contribution in [-0.4, -0.2) is 36.3 Å². The number of nitrogens with zero attached hydrogens (tertiary/aromatic N) is 1. The van der Waals surface area contributed by atoms with Gasteiger partial charge in [-0.2, -0.15) is 0 Å². The molecule has 0 aromatic heterocycles. The molecule has 2 aliphatic heterocycles. The smallest absolute Gasteiger partial charge is 0.227 e. The molecule has 1 saturated carbocycles. The number of hydrogen-bond acceptors (Lipinski definition) is 2. The number of nitrogens with one attached hydrogen (secondary N) is 1. The number of benzene rings is 1. The average molecular weight is 340 g/mol. The van der Waals surface area contributed by atoms with Crippen LogP contribution in [0.3, 0.4) is 0 Å². The van der Waals surface area contributed by atoms with Crippen LogP contribution in [0.4, 0.5) is 0 Å². The highest BCUT2D eigenvalue weighted by Crippen LogP contribution is 2.58. The lowest BCUT2D eigenvalue weighted by molar-refractivity contribution is -0.135. The van der Waals surface area contributed by atoms with Gasteiger partial charge in [-0.15, -0.1) is 0 Å². The van der Waals surface area contributed by atoms with E-state index in [1.807, 2.05) is 0 Å². The average Bonchev–Trinajstić information content (AvgIpc) is 3.07. The molecule has 0 radical (unpaired) electrons. The third-order valence-electron chi connectivity index (χ3n) is 6.52. The zero-order valence-electron chi connectivity index (χ0n) is 15.3. The largest absolute Gasteiger partial charge is 0.355 e. The van der Waals surface area contributed by atoms with Gasteiger partial charge in [0.05, 0.1) is 5.92 Å². The molecule has 0 bridgehead atoms. The van der Waals surface area contributed by atoms with Crippen LogP contribution in [0.15, 0.2) is 18.2 Å². The van der Waals surface area contributed by atoms with Gasteiger partial charge >= 0.3 is 0 Å². The van der Waals surface area contributed by atoms with E-state index in [-0.39, 0.29) is 17.7 Å². The standard InChI is InChI=1S/C21H28N2O2/c1-13-7-8-15(9-14(13)2)20-17-11-23(12-18(17)20)21(25)16-5-3-4-6-19(24)22-10-16/h7-9,16-18,20H,3-6,10-12H2,1-2H3,(H,22,24)/t16-,17-,18+,20+/m1/s1. The fraction of sp³-hybridized carbons (Fsp3) is 0.619. The van der Waals surface area contributed by atoms with Gasteiger partial charge in [0, 0.05) is 26.1 Å². The molecule has 1 aromatic rings. The summed E-state index contributed by atoms with van der Waals surface area (Å²) in [5.74, 6) is 2.23. The van der Waals surface area contributed by atoms with E-state index >= 15 is 0 Å². The maximum Gasteiger partial charge on any atom is 0.227 e.